The number of rotatable bonds is 5. The summed E-state index contributed by atoms with van der Waals surface area (Å²) >= 11 is 0. The van der Waals surface area contributed by atoms with Gasteiger partial charge in [-0.15, -0.1) is 0 Å². The largest absolute Gasteiger partial charge is 0.465 e. The van der Waals surface area contributed by atoms with Crippen molar-refractivity contribution in [2.75, 3.05) is 31.1 Å². The van der Waals surface area contributed by atoms with Gasteiger partial charge in [0.15, 0.2) is 11.9 Å². The van der Waals surface area contributed by atoms with E-state index >= 15 is 0 Å². The lowest BCUT2D eigenvalue weighted by atomic mass is 9.56. The second-order valence-electron chi connectivity index (χ2n) is 12.3. The molecule has 7 heteroatoms. The number of hydrogen-bond donors (Lipinski definition) is 0. The van der Waals surface area contributed by atoms with E-state index in [0.717, 1.165) is 51.3 Å². The van der Waals surface area contributed by atoms with Gasteiger partial charge in [-0.1, -0.05) is 44.2 Å². The van der Waals surface area contributed by atoms with E-state index in [1.807, 2.05) is 6.92 Å². The van der Waals surface area contributed by atoms with E-state index in [1.54, 1.807) is 0 Å². The molecule has 38 heavy (non-hydrogen) atoms. The monoisotopic (exact) mass is 520 g/mol. The molecule has 8 rings (SSSR count). The van der Waals surface area contributed by atoms with Crippen LogP contribution in [-0.2, 0) is 25.8 Å². The van der Waals surface area contributed by atoms with Crippen molar-refractivity contribution in [3.8, 4) is 5.75 Å². The lowest BCUT2D eigenvalue weighted by molar-refractivity contribution is -0.614. The fourth-order valence-corrected chi connectivity index (χ4v) is 7.69. The van der Waals surface area contributed by atoms with Gasteiger partial charge in [0.05, 0.1) is 0 Å². The van der Waals surface area contributed by atoms with Crippen LogP contribution in [-0.4, -0.2) is 55.0 Å². The maximum Gasteiger partial charge on any atom is 0.205 e. The third kappa shape index (κ3) is 4.14. The summed E-state index contributed by atoms with van der Waals surface area (Å²) in [5.74, 6) is 1.44. The van der Waals surface area contributed by atoms with Crippen LogP contribution in [0, 0.1) is 23.7 Å². The first-order valence-electron chi connectivity index (χ1n) is 14.4. The first kappa shape index (κ1) is 24.9. The lowest BCUT2D eigenvalue weighted by Gasteiger charge is -2.66. The predicted octanol–water partition coefficient (Wildman–Crippen LogP) is 5.21. The maximum absolute atomic E-state index is 6.52. The van der Waals surface area contributed by atoms with Crippen LogP contribution < -0.4 is 9.64 Å². The van der Waals surface area contributed by atoms with Crippen LogP contribution in [0.3, 0.4) is 0 Å². The highest BCUT2D eigenvalue weighted by Gasteiger charge is 2.72. The van der Waals surface area contributed by atoms with Crippen molar-refractivity contribution in [3.63, 3.8) is 0 Å². The Morgan fingerprint density at radius 2 is 1.66 bits per heavy atom. The molecule has 1 aliphatic carbocycles. The van der Waals surface area contributed by atoms with Crippen molar-refractivity contribution in [1.82, 2.24) is 4.90 Å². The summed E-state index contributed by atoms with van der Waals surface area (Å²) in [5.41, 5.74) is 2.08. The smallest absolute Gasteiger partial charge is 0.205 e. The van der Waals surface area contributed by atoms with Crippen molar-refractivity contribution < 1.29 is 24.0 Å². The second kappa shape index (κ2) is 9.49. The van der Waals surface area contributed by atoms with Gasteiger partial charge in [0.2, 0.25) is 12.1 Å². The zero-order valence-electron chi connectivity index (χ0n) is 22.8. The lowest BCUT2D eigenvalue weighted by Crippen LogP contribution is -2.76. The molecule has 6 fully saturated rings. The average Bonchev–Trinajstić information content (AvgIpc) is 2.94. The van der Waals surface area contributed by atoms with Gasteiger partial charge in [-0.25, -0.2) is 9.78 Å². The summed E-state index contributed by atoms with van der Waals surface area (Å²) in [6, 6.07) is 19.2. The molecule has 2 unspecified atom stereocenters. The fraction of sp³-hybridized carbons (Fsp3) is 0.613. The summed E-state index contributed by atoms with van der Waals surface area (Å²) in [7, 11) is 0. The molecule has 6 aliphatic rings. The molecule has 204 valence electrons. The van der Waals surface area contributed by atoms with E-state index in [9.17, 15) is 0 Å². The highest BCUT2D eigenvalue weighted by atomic mass is 17.3. The predicted molar refractivity (Wildman–Crippen MR) is 143 cm³/mol. The third-order valence-corrected chi connectivity index (χ3v) is 9.85. The summed E-state index contributed by atoms with van der Waals surface area (Å²) in [6.45, 7) is 11.7. The van der Waals surface area contributed by atoms with Gasteiger partial charge in [-0.2, -0.15) is 0 Å². The molecule has 2 aromatic rings. The van der Waals surface area contributed by atoms with E-state index in [2.05, 4.69) is 78.2 Å². The van der Waals surface area contributed by atoms with Gasteiger partial charge in [-0.05, 0) is 55.5 Å². The number of hydrogen-bond acceptors (Lipinski definition) is 7. The molecule has 2 aromatic carbocycles. The molecule has 8 atom stereocenters. The standard InChI is InChI=1S/C31H40N2O5/c1-21-9-14-26-22(2)28(35-29-31(26)27(21)19-30(3,36-29)37-38-31)34-25-12-10-23(11-13-25)20-32-15-17-33(18-16-32)24-7-5-4-6-8-24/h4-8,10-13,21-22,26-29H,9,14-20H2,1-3H3/t21-,22-,26?,27?,28+,29-,30+,31+/m1/s1. The highest BCUT2D eigenvalue weighted by Crippen LogP contribution is 2.62. The van der Waals surface area contributed by atoms with Gasteiger partial charge in [0.25, 0.3) is 0 Å². The van der Waals surface area contributed by atoms with E-state index in [-0.39, 0.29) is 18.1 Å². The van der Waals surface area contributed by atoms with Gasteiger partial charge < -0.3 is 19.1 Å². The Balaban J connectivity index is 0.988. The number of benzene rings is 2. The SMILES string of the molecule is C[C@@H]1CCC2[C@@H](C)[C@@H](Oc3ccc(CN4CCN(c5ccccc5)CC4)cc3)O[C@@H]3O[C@]4(C)CC1[C@@]23OO4. The van der Waals surface area contributed by atoms with Crippen molar-refractivity contribution in [2.24, 2.45) is 23.7 Å². The molecule has 5 saturated heterocycles. The molecule has 0 N–H and O–H groups in total. The van der Waals surface area contributed by atoms with Crippen LogP contribution >= 0.6 is 0 Å². The minimum Gasteiger partial charge on any atom is -0.465 e. The Hall–Kier alpha value is -2.16. The molecule has 2 bridgehead atoms. The van der Waals surface area contributed by atoms with Crippen LogP contribution in [0.1, 0.15) is 45.6 Å². The number of anilines is 1. The third-order valence-electron chi connectivity index (χ3n) is 9.85. The fourth-order valence-electron chi connectivity index (χ4n) is 7.69. The normalized spacial score (nSPS) is 40.6. The number of piperazine rings is 1. The first-order chi connectivity index (χ1) is 18.4. The Bertz CT molecular complexity index is 1120. The number of fused-ring (bicyclic) bond motifs is 1. The summed E-state index contributed by atoms with van der Waals surface area (Å²) in [6.07, 6.45) is 2.26. The summed E-state index contributed by atoms with van der Waals surface area (Å²) < 4.78 is 19.3. The van der Waals surface area contributed by atoms with Gasteiger partial charge in [-0.3, -0.25) is 4.90 Å². The van der Waals surface area contributed by atoms with Crippen molar-refractivity contribution in [2.45, 2.75) is 70.5 Å². The van der Waals surface area contributed by atoms with Crippen LogP contribution in [0.5, 0.6) is 5.75 Å². The number of ether oxygens (including phenoxy) is 3. The molecular weight excluding hydrogens is 480 g/mol. The molecule has 1 saturated carbocycles. The topological polar surface area (TPSA) is 52.6 Å². The minimum absolute atomic E-state index is 0.163. The van der Waals surface area contributed by atoms with Crippen LogP contribution in [0.2, 0.25) is 0 Å². The summed E-state index contributed by atoms with van der Waals surface area (Å²) in [4.78, 5) is 16.9. The van der Waals surface area contributed by atoms with E-state index < -0.39 is 17.7 Å². The van der Waals surface area contributed by atoms with E-state index in [1.165, 1.54) is 17.7 Å². The Kier molecular flexibility index (Phi) is 6.21. The van der Waals surface area contributed by atoms with E-state index in [4.69, 9.17) is 24.0 Å². The Labute approximate surface area is 225 Å². The Morgan fingerprint density at radius 3 is 2.42 bits per heavy atom. The second-order valence-corrected chi connectivity index (χ2v) is 12.3. The van der Waals surface area contributed by atoms with Crippen molar-refractivity contribution >= 4 is 5.69 Å². The zero-order chi connectivity index (χ0) is 25.9. The summed E-state index contributed by atoms with van der Waals surface area (Å²) in [5, 5.41) is 0. The van der Waals surface area contributed by atoms with Crippen LogP contribution in [0.4, 0.5) is 5.69 Å². The molecular formula is C31H40N2O5. The quantitative estimate of drug-likeness (QED) is 0.502. The minimum atomic E-state index is -0.757. The van der Waals surface area contributed by atoms with Gasteiger partial charge in [0, 0.05) is 62.6 Å². The number of nitrogens with zero attached hydrogens (tertiary/aromatic N) is 2. The van der Waals surface area contributed by atoms with Gasteiger partial charge >= 0.3 is 0 Å². The molecule has 0 aromatic heterocycles. The molecule has 5 heterocycles. The molecule has 1 spiro atoms. The first-order valence-corrected chi connectivity index (χ1v) is 14.4. The molecule has 0 radical (unpaired) electrons. The average molecular weight is 521 g/mol. The highest BCUT2D eigenvalue weighted by molar-refractivity contribution is 5.46. The molecule has 5 aliphatic heterocycles. The van der Waals surface area contributed by atoms with Crippen molar-refractivity contribution in [1.29, 1.82) is 0 Å². The Morgan fingerprint density at radius 1 is 0.895 bits per heavy atom. The number of para-hydroxylation sites is 1. The zero-order valence-corrected chi connectivity index (χ0v) is 22.8. The van der Waals surface area contributed by atoms with Crippen LogP contribution in [0.25, 0.3) is 0 Å². The molecule has 0 amide bonds. The maximum atomic E-state index is 6.52. The molecule has 7 nitrogen and oxygen atoms in total. The van der Waals surface area contributed by atoms with E-state index in [0.29, 0.717) is 11.8 Å². The van der Waals surface area contributed by atoms with Crippen molar-refractivity contribution in [3.05, 3.63) is 60.2 Å². The van der Waals surface area contributed by atoms with Crippen LogP contribution in [0.15, 0.2) is 54.6 Å². The van der Waals surface area contributed by atoms with Gasteiger partial charge in [0.1, 0.15) is 5.75 Å².